The van der Waals surface area contributed by atoms with E-state index in [1.807, 2.05) is 0 Å². The Morgan fingerprint density at radius 1 is 1.15 bits per heavy atom. The van der Waals surface area contributed by atoms with Gasteiger partial charge in [-0.25, -0.2) is 4.79 Å². The van der Waals surface area contributed by atoms with Crippen molar-refractivity contribution in [3.05, 3.63) is 29.8 Å². The van der Waals surface area contributed by atoms with Crippen molar-refractivity contribution in [1.82, 2.24) is 5.32 Å². The van der Waals surface area contributed by atoms with Gasteiger partial charge in [-0.15, -0.1) is 0 Å². The Balaban J connectivity index is 1.44. The first-order chi connectivity index (χ1) is 12.6. The summed E-state index contributed by atoms with van der Waals surface area (Å²) in [5.41, 5.74) is 1.02. The zero-order valence-corrected chi connectivity index (χ0v) is 14.8. The van der Waals surface area contributed by atoms with E-state index in [0.29, 0.717) is 30.8 Å². The Morgan fingerprint density at radius 3 is 2.54 bits per heavy atom. The molecule has 0 spiro atoms. The standard InChI is InChI=1S/C19H24N2O5/c1-2-25-19(24)12-5-7-13(8-6-12)21-18(23)16-10-15(16)17(22)20-11-14-4-3-9-26-14/h5-8,14-16H,2-4,9-11H2,1H3,(H,20,22)(H,21,23). The van der Waals surface area contributed by atoms with Crippen molar-refractivity contribution in [3.8, 4) is 0 Å². The Hall–Kier alpha value is -2.41. The van der Waals surface area contributed by atoms with Crippen molar-refractivity contribution in [3.63, 3.8) is 0 Å². The number of carbonyl (C=O) groups is 3. The van der Waals surface area contributed by atoms with Gasteiger partial charge in [0.05, 0.1) is 30.1 Å². The Labute approximate surface area is 152 Å². The Kier molecular flexibility index (Phi) is 5.88. The molecule has 1 aliphatic heterocycles. The topological polar surface area (TPSA) is 93.7 Å². The number of esters is 1. The molecule has 1 aromatic carbocycles. The number of amides is 2. The van der Waals surface area contributed by atoms with Crippen LogP contribution in [0.5, 0.6) is 0 Å². The number of benzene rings is 1. The van der Waals surface area contributed by atoms with Crippen LogP contribution in [0.2, 0.25) is 0 Å². The molecule has 26 heavy (non-hydrogen) atoms. The van der Waals surface area contributed by atoms with Gasteiger partial charge in [-0.3, -0.25) is 9.59 Å². The van der Waals surface area contributed by atoms with Gasteiger partial charge in [-0.05, 0) is 50.5 Å². The van der Waals surface area contributed by atoms with Crippen molar-refractivity contribution >= 4 is 23.5 Å². The maximum Gasteiger partial charge on any atom is 0.338 e. The summed E-state index contributed by atoms with van der Waals surface area (Å²) in [4.78, 5) is 36.0. The van der Waals surface area contributed by atoms with Gasteiger partial charge in [0, 0.05) is 18.8 Å². The third kappa shape index (κ3) is 4.60. The van der Waals surface area contributed by atoms with E-state index in [-0.39, 0.29) is 29.8 Å². The molecular weight excluding hydrogens is 336 g/mol. The maximum absolute atomic E-state index is 12.3. The van der Waals surface area contributed by atoms with E-state index in [1.54, 1.807) is 31.2 Å². The number of rotatable bonds is 7. The average Bonchev–Trinajstić information content (AvgIpc) is 3.28. The minimum absolute atomic E-state index is 0.0849. The van der Waals surface area contributed by atoms with E-state index in [2.05, 4.69) is 10.6 Å². The number of carbonyl (C=O) groups excluding carboxylic acids is 3. The molecule has 1 saturated heterocycles. The quantitative estimate of drug-likeness (QED) is 0.723. The van der Waals surface area contributed by atoms with E-state index in [1.165, 1.54) is 0 Å². The molecular formula is C19H24N2O5. The van der Waals surface area contributed by atoms with Gasteiger partial charge in [0.15, 0.2) is 0 Å². The molecule has 0 aromatic heterocycles. The molecule has 3 rings (SSSR count). The molecule has 0 radical (unpaired) electrons. The molecule has 7 nitrogen and oxygen atoms in total. The Morgan fingerprint density at radius 2 is 1.88 bits per heavy atom. The maximum atomic E-state index is 12.3. The molecule has 1 saturated carbocycles. The van der Waals surface area contributed by atoms with Gasteiger partial charge in [-0.1, -0.05) is 0 Å². The van der Waals surface area contributed by atoms with Crippen molar-refractivity contribution in [2.24, 2.45) is 11.8 Å². The highest BCUT2D eigenvalue weighted by molar-refractivity contribution is 5.99. The number of hydrogen-bond donors (Lipinski definition) is 2. The van der Waals surface area contributed by atoms with Gasteiger partial charge in [-0.2, -0.15) is 0 Å². The zero-order valence-electron chi connectivity index (χ0n) is 14.8. The fourth-order valence-corrected chi connectivity index (χ4v) is 3.06. The lowest BCUT2D eigenvalue weighted by atomic mass is 10.2. The second-order valence-corrected chi connectivity index (χ2v) is 6.62. The molecule has 7 heteroatoms. The minimum atomic E-state index is -0.393. The first kappa shape index (κ1) is 18.4. The first-order valence-corrected chi connectivity index (χ1v) is 9.06. The summed E-state index contributed by atoms with van der Waals surface area (Å²) < 4.78 is 10.4. The lowest BCUT2D eigenvalue weighted by Crippen LogP contribution is -2.33. The normalized spacial score (nSPS) is 24.0. The molecule has 1 heterocycles. The fraction of sp³-hybridized carbons (Fsp3) is 0.526. The van der Waals surface area contributed by atoms with Crippen LogP contribution in [0.4, 0.5) is 5.69 Å². The summed E-state index contributed by atoms with van der Waals surface area (Å²) in [5.74, 6) is -1.22. The van der Waals surface area contributed by atoms with Crippen LogP contribution >= 0.6 is 0 Å². The molecule has 2 fully saturated rings. The van der Waals surface area contributed by atoms with Gasteiger partial charge in [0.25, 0.3) is 0 Å². The van der Waals surface area contributed by atoms with E-state index in [0.717, 1.165) is 19.4 Å². The van der Waals surface area contributed by atoms with Crippen LogP contribution < -0.4 is 10.6 Å². The van der Waals surface area contributed by atoms with Crippen LogP contribution in [0.15, 0.2) is 24.3 Å². The molecule has 2 amide bonds. The van der Waals surface area contributed by atoms with E-state index < -0.39 is 5.97 Å². The summed E-state index contributed by atoms with van der Waals surface area (Å²) in [6.45, 7) is 3.33. The molecule has 1 aliphatic carbocycles. The van der Waals surface area contributed by atoms with Gasteiger partial charge < -0.3 is 20.1 Å². The predicted octanol–water partition coefficient (Wildman–Crippen LogP) is 1.73. The average molecular weight is 360 g/mol. The van der Waals surface area contributed by atoms with Crippen molar-refractivity contribution in [2.45, 2.75) is 32.3 Å². The van der Waals surface area contributed by atoms with Crippen LogP contribution in [0, 0.1) is 11.8 Å². The lowest BCUT2D eigenvalue weighted by molar-refractivity contribution is -0.125. The van der Waals surface area contributed by atoms with Gasteiger partial charge in [0.2, 0.25) is 11.8 Å². The van der Waals surface area contributed by atoms with Gasteiger partial charge in [0.1, 0.15) is 0 Å². The summed E-state index contributed by atoms with van der Waals surface area (Å²) in [7, 11) is 0. The summed E-state index contributed by atoms with van der Waals surface area (Å²) >= 11 is 0. The largest absolute Gasteiger partial charge is 0.462 e. The monoisotopic (exact) mass is 360 g/mol. The van der Waals surface area contributed by atoms with E-state index >= 15 is 0 Å². The van der Waals surface area contributed by atoms with Crippen LogP contribution in [0.25, 0.3) is 0 Å². The van der Waals surface area contributed by atoms with Crippen LogP contribution in [-0.2, 0) is 19.1 Å². The van der Waals surface area contributed by atoms with E-state index in [4.69, 9.17) is 9.47 Å². The number of ether oxygens (including phenoxy) is 2. The van der Waals surface area contributed by atoms with E-state index in [9.17, 15) is 14.4 Å². The highest BCUT2D eigenvalue weighted by atomic mass is 16.5. The summed E-state index contributed by atoms with van der Waals surface area (Å²) in [6, 6.07) is 6.51. The summed E-state index contributed by atoms with van der Waals surface area (Å²) in [5, 5.41) is 5.66. The number of nitrogens with one attached hydrogen (secondary N) is 2. The van der Waals surface area contributed by atoms with Gasteiger partial charge >= 0.3 is 5.97 Å². The second kappa shape index (κ2) is 8.31. The van der Waals surface area contributed by atoms with Crippen LogP contribution in [0.1, 0.15) is 36.5 Å². The Bertz CT molecular complexity index is 667. The van der Waals surface area contributed by atoms with Crippen LogP contribution in [-0.4, -0.2) is 43.6 Å². The molecule has 0 bridgehead atoms. The first-order valence-electron chi connectivity index (χ1n) is 9.06. The summed E-state index contributed by atoms with van der Waals surface area (Å²) in [6.07, 6.45) is 2.66. The predicted molar refractivity (Wildman–Crippen MR) is 94.6 cm³/mol. The SMILES string of the molecule is CCOC(=O)c1ccc(NC(=O)C2CC2C(=O)NCC2CCCO2)cc1. The molecule has 3 unspecified atom stereocenters. The van der Waals surface area contributed by atoms with Crippen molar-refractivity contribution in [2.75, 3.05) is 25.1 Å². The molecule has 1 aromatic rings. The second-order valence-electron chi connectivity index (χ2n) is 6.62. The minimum Gasteiger partial charge on any atom is -0.462 e. The number of hydrogen-bond acceptors (Lipinski definition) is 5. The smallest absolute Gasteiger partial charge is 0.338 e. The van der Waals surface area contributed by atoms with Crippen molar-refractivity contribution < 1.29 is 23.9 Å². The lowest BCUT2D eigenvalue weighted by Gasteiger charge is -2.10. The van der Waals surface area contributed by atoms with Crippen LogP contribution in [0.3, 0.4) is 0 Å². The molecule has 2 N–H and O–H groups in total. The third-order valence-corrected chi connectivity index (χ3v) is 4.66. The molecule has 2 aliphatic rings. The highest BCUT2D eigenvalue weighted by Crippen LogP contribution is 2.39. The highest BCUT2D eigenvalue weighted by Gasteiger charge is 2.48. The molecule has 140 valence electrons. The molecule has 3 atom stereocenters. The fourth-order valence-electron chi connectivity index (χ4n) is 3.06. The zero-order chi connectivity index (χ0) is 18.5. The third-order valence-electron chi connectivity index (χ3n) is 4.66. The number of anilines is 1. The van der Waals surface area contributed by atoms with Crippen molar-refractivity contribution in [1.29, 1.82) is 0 Å².